The minimum Gasteiger partial charge on any atom is -0.338 e. The van der Waals surface area contributed by atoms with Crippen LogP contribution in [0.4, 0.5) is 4.79 Å². The van der Waals surface area contributed by atoms with Crippen molar-refractivity contribution in [3.8, 4) is 0 Å². The molecule has 2 N–H and O–H groups in total. The van der Waals surface area contributed by atoms with E-state index in [9.17, 15) is 4.79 Å². The monoisotopic (exact) mass is 286 g/mol. The van der Waals surface area contributed by atoms with Gasteiger partial charge >= 0.3 is 6.03 Å². The van der Waals surface area contributed by atoms with E-state index in [1.165, 1.54) is 50.5 Å². The highest BCUT2D eigenvalue weighted by Gasteiger charge is 2.33. The van der Waals surface area contributed by atoms with E-state index in [-0.39, 0.29) is 12.1 Å². The van der Waals surface area contributed by atoms with Crippen molar-refractivity contribution in [2.24, 2.45) is 11.8 Å². The number of carbonyl (C=O) groups is 1. The third-order valence-electron chi connectivity index (χ3n) is 4.81. The maximum absolute atomic E-state index is 12.2. The topological polar surface area (TPSA) is 41.1 Å². The van der Waals surface area contributed by atoms with E-state index < -0.39 is 0 Å². The summed E-state index contributed by atoms with van der Waals surface area (Å²) in [7, 11) is 0. The van der Waals surface area contributed by atoms with Gasteiger partial charge in [-0.1, -0.05) is 49.6 Å². The van der Waals surface area contributed by atoms with Gasteiger partial charge < -0.3 is 10.6 Å². The van der Waals surface area contributed by atoms with Gasteiger partial charge in [0.15, 0.2) is 0 Å². The molecular formula is C18H26N2O. The standard InChI is InChI=1S/C18H26N2O/c21-18(19-13-14-7-3-1-4-8-14)20-17(16-11-12-16)15-9-5-2-6-10-15/h2,5-6,9-10,14,16-17H,1,3-4,7-8,11-13H2,(H2,19,20,21)/t17-/m0/s1. The number of urea groups is 1. The third kappa shape index (κ3) is 4.23. The minimum absolute atomic E-state index is 0.00123. The van der Waals surface area contributed by atoms with Crippen LogP contribution in [0, 0.1) is 11.8 Å². The van der Waals surface area contributed by atoms with E-state index in [1.54, 1.807) is 0 Å². The summed E-state index contributed by atoms with van der Waals surface area (Å²) in [6.45, 7) is 0.831. The fourth-order valence-electron chi connectivity index (χ4n) is 3.38. The molecule has 0 heterocycles. The Balaban J connectivity index is 1.50. The van der Waals surface area contributed by atoms with Crippen molar-refractivity contribution >= 4 is 6.03 Å². The van der Waals surface area contributed by atoms with Crippen molar-refractivity contribution in [2.45, 2.75) is 51.0 Å². The molecule has 1 atom stereocenters. The van der Waals surface area contributed by atoms with Crippen molar-refractivity contribution in [2.75, 3.05) is 6.54 Å². The SMILES string of the molecule is O=C(NCC1CCCCC1)N[C@@H](c1ccccc1)C1CC1. The molecule has 2 aliphatic rings. The Morgan fingerprint density at radius 3 is 2.43 bits per heavy atom. The van der Waals surface area contributed by atoms with Crippen molar-refractivity contribution in [1.29, 1.82) is 0 Å². The summed E-state index contributed by atoms with van der Waals surface area (Å²) in [4.78, 5) is 12.2. The van der Waals surface area contributed by atoms with Crippen molar-refractivity contribution in [1.82, 2.24) is 10.6 Å². The Morgan fingerprint density at radius 1 is 1.05 bits per heavy atom. The average Bonchev–Trinajstić information content (AvgIpc) is 3.37. The lowest BCUT2D eigenvalue weighted by Crippen LogP contribution is -2.41. The molecular weight excluding hydrogens is 260 g/mol. The van der Waals surface area contributed by atoms with Gasteiger partial charge in [0.25, 0.3) is 0 Å². The molecule has 0 radical (unpaired) electrons. The Morgan fingerprint density at radius 2 is 1.76 bits per heavy atom. The van der Waals surface area contributed by atoms with Gasteiger partial charge in [0.05, 0.1) is 6.04 Å². The Bertz CT molecular complexity index is 450. The van der Waals surface area contributed by atoms with Crippen LogP contribution in [-0.4, -0.2) is 12.6 Å². The van der Waals surface area contributed by atoms with Gasteiger partial charge in [-0.15, -0.1) is 0 Å². The van der Waals surface area contributed by atoms with E-state index in [4.69, 9.17) is 0 Å². The molecule has 21 heavy (non-hydrogen) atoms. The predicted octanol–water partition coefficient (Wildman–Crippen LogP) is 4.02. The van der Waals surface area contributed by atoms with Gasteiger partial charge in [-0.05, 0) is 43.1 Å². The summed E-state index contributed by atoms with van der Waals surface area (Å²) in [6.07, 6.45) is 8.99. The fourth-order valence-corrected chi connectivity index (χ4v) is 3.38. The second-order valence-electron chi connectivity index (χ2n) is 6.58. The lowest BCUT2D eigenvalue weighted by atomic mass is 9.89. The summed E-state index contributed by atoms with van der Waals surface area (Å²) in [5.74, 6) is 1.30. The van der Waals surface area contributed by atoms with E-state index in [2.05, 4.69) is 22.8 Å². The van der Waals surface area contributed by atoms with E-state index in [0.29, 0.717) is 11.8 Å². The summed E-state index contributed by atoms with van der Waals surface area (Å²) in [5, 5.41) is 6.27. The number of nitrogens with one attached hydrogen (secondary N) is 2. The highest BCUT2D eigenvalue weighted by molar-refractivity contribution is 5.74. The van der Waals surface area contributed by atoms with Crippen molar-refractivity contribution in [3.05, 3.63) is 35.9 Å². The molecule has 0 aromatic heterocycles. The van der Waals surface area contributed by atoms with Crippen molar-refractivity contribution < 1.29 is 4.79 Å². The number of hydrogen-bond acceptors (Lipinski definition) is 1. The Labute approximate surface area is 127 Å². The van der Waals surface area contributed by atoms with Crippen LogP contribution in [0.25, 0.3) is 0 Å². The minimum atomic E-state index is 0.00123. The van der Waals surface area contributed by atoms with Crippen LogP contribution < -0.4 is 10.6 Å². The molecule has 0 saturated heterocycles. The Kier molecular flexibility index (Phi) is 4.79. The van der Waals surface area contributed by atoms with E-state index in [0.717, 1.165) is 6.54 Å². The first-order valence-electron chi connectivity index (χ1n) is 8.42. The molecule has 114 valence electrons. The molecule has 0 bridgehead atoms. The normalized spacial score (nSPS) is 20.8. The van der Waals surface area contributed by atoms with Crippen LogP contribution in [-0.2, 0) is 0 Å². The van der Waals surface area contributed by atoms with Gasteiger partial charge in [0.2, 0.25) is 0 Å². The zero-order valence-electron chi connectivity index (χ0n) is 12.7. The molecule has 2 amide bonds. The van der Waals surface area contributed by atoms with Crippen LogP contribution >= 0.6 is 0 Å². The number of rotatable bonds is 5. The first-order valence-corrected chi connectivity index (χ1v) is 8.42. The van der Waals surface area contributed by atoms with E-state index >= 15 is 0 Å². The molecule has 2 aliphatic carbocycles. The van der Waals surface area contributed by atoms with Crippen LogP contribution in [0.5, 0.6) is 0 Å². The maximum Gasteiger partial charge on any atom is 0.315 e. The molecule has 0 spiro atoms. The lowest BCUT2D eigenvalue weighted by Gasteiger charge is -2.23. The first-order chi connectivity index (χ1) is 10.3. The Hall–Kier alpha value is -1.51. The third-order valence-corrected chi connectivity index (χ3v) is 4.81. The zero-order valence-corrected chi connectivity index (χ0v) is 12.7. The molecule has 0 unspecified atom stereocenters. The average molecular weight is 286 g/mol. The largest absolute Gasteiger partial charge is 0.338 e. The highest BCUT2D eigenvalue weighted by Crippen LogP contribution is 2.40. The van der Waals surface area contributed by atoms with Crippen LogP contribution in [0.15, 0.2) is 30.3 Å². The number of hydrogen-bond donors (Lipinski definition) is 2. The van der Waals surface area contributed by atoms with Crippen LogP contribution in [0.3, 0.4) is 0 Å². The van der Waals surface area contributed by atoms with Gasteiger partial charge in [-0.3, -0.25) is 0 Å². The summed E-state index contributed by atoms with van der Waals surface area (Å²) in [6, 6.07) is 10.5. The molecule has 2 fully saturated rings. The lowest BCUT2D eigenvalue weighted by molar-refractivity contribution is 0.231. The fraction of sp³-hybridized carbons (Fsp3) is 0.611. The van der Waals surface area contributed by atoms with Gasteiger partial charge in [0.1, 0.15) is 0 Å². The van der Waals surface area contributed by atoms with Crippen molar-refractivity contribution in [3.63, 3.8) is 0 Å². The summed E-state index contributed by atoms with van der Waals surface area (Å²) >= 11 is 0. The number of carbonyl (C=O) groups excluding carboxylic acids is 1. The molecule has 2 saturated carbocycles. The molecule has 3 nitrogen and oxygen atoms in total. The van der Waals surface area contributed by atoms with Crippen LogP contribution in [0.2, 0.25) is 0 Å². The highest BCUT2D eigenvalue weighted by atomic mass is 16.2. The quantitative estimate of drug-likeness (QED) is 0.843. The van der Waals surface area contributed by atoms with Crippen LogP contribution in [0.1, 0.15) is 56.6 Å². The number of benzene rings is 1. The smallest absolute Gasteiger partial charge is 0.315 e. The maximum atomic E-state index is 12.2. The molecule has 1 aromatic rings. The zero-order chi connectivity index (χ0) is 14.5. The number of amides is 2. The molecule has 3 heteroatoms. The summed E-state index contributed by atoms with van der Waals surface area (Å²) < 4.78 is 0. The predicted molar refractivity (Wildman–Crippen MR) is 85.0 cm³/mol. The second kappa shape index (κ2) is 6.97. The van der Waals surface area contributed by atoms with Gasteiger partial charge in [-0.25, -0.2) is 4.79 Å². The van der Waals surface area contributed by atoms with Gasteiger partial charge in [0, 0.05) is 6.54 Å². The molecule has 0 aliphatic heterocycles. The second-order valence-corrected chi connectivity index (χ2v) is 6.58. The van der Waals surface area contributed by atoms with Gasteiger partial charge in [-0.2, -0.15) is 0 Å². The molecule has 1 aromatic carbocycles. The first kappa shape index (κ1) is 14.4. The summed E-state index contributed by atoms with van der Waals surface area (Å²) in [5.41, 5.74) is 1.23. The molecule has 3 rings (SSSR count). The van der Waals surface area contributed by atoms with E-state index in [1.807, 2.05) is 18.2 Å².